The molecular formula is C16H10F3N5O. The predicted molar refractivity (Wildman–Crippen MR) is 80.1 cm³/mol. The lowest BCUT2D eigenvalue weighted by molar-refractivity contribution is -0.141. The van der Waals surface area contributed by atoms with E-state index in [0.29, 0.717) is 16.8 Å². The van der Waals surface area contributed by atoms with Crippen LogP contribution in [0.1, 0.15) is 17.0 Å². The highest BCUT2D eigenvalue weighted by Gasteiger charge is 2.32. The Morgan fingerprint density at radius 1 is 1.12 bits per heavy atom. The molecule has 2 aromatic heterocycles. The molecule has 0 bridgehead atoms. The third kappa shape index (κ3) is 3.74. The minimum absolute atomic E-state index is 0.0158. The van der Waals surface area contributed by atoms with Gasteiger partial charge in [-0.1, -0.05) is 24.3 Å². The van der Waals surface area contributed by atoms with Crippen LogP contribution in [0.25, 0.3) is 11.3 Å². The molecule has 0 saturated carbocycles. The SMILES string of the molecule is N#Cc1n[nH]nc1-c1cccc(COc2cccc(C(F)(F)F)n2)c1. The van der Waals surface area contributed by atoms with E-state index in [1.807, 2.05) is 6.07 Å². The van der Waals surface area contributed by atoms with Gasteiger partial charge >= 0.3 is 6.18 Å². The normalized spacial score (nSPS) is 11.1. The summed E-state index contributed by atoms with van der Waals surface area (Å²) in [5, 5.41) is 19.0. The van der Waals surface area contributed by atoms with E-state index in [0.717, 1.165) is 6.07 Å². The number of H-pyrrole nitrogens is 1. The lowest BCUT2D eigenvalue weighted by Crippen LogP contribution is -2.08. The second-order valence-electron chi connectivity index (χ2n) is 4.98. The number of rotatable bonds is 4. The van der Waals surface area contributed by atoms with Crippen LogP contribution < -0.4 is 4.74 Å². The minimum atomic E-state index is -4.53. The van der Waals surface area contributed by atoms with Crippen molar-refractivity contribution in [2.24, 2.45) is 0 Å². The number of alkyl halides is 3. The van der Waals surface area contributed by atoms with Crippen molar-refractivity contribution < 1.29 is 17.9 Å². The number of hydrogen-bond donors (Lipinski definition) is 1. The van der Waals surface area contributed by atoms with Crippen molar-refractivity contribution in [3.05, 3.63) is 59.4 Å². The van der Waals surface area contributed by atoms with Gasteiger partial charge in [0.1, 0.15) is 24.1 Å². The summed E-state index contributed by atoms with van der Waals surface area (Å²) in [5.74, 6) is -0.126. The molecule has 0 atom stereocenters. The van der Waals surface area contributed by atoms with Crippen LogP contribution in [0.3, 0.4) is 0 Å². The molecule has 6 nitrogen and oxygen atoms in total. The number of halogens is 3. The Kier molecular flexibility index (Phi) is 4.35. The molecule has 9 heteroatoms. The van der Waals surface area contributed by atoms with E-state index in [1.54, 1.807) is 24.3 Å². The van der Waals surface area contributed by atoms with Gasteiger partial charge in [-0.05, 0) is 17.7 Å². The van der Waals surface area contributed by atoms with Gasteiger partial charge in [0, 0.05) is 11.6 Å². The van der Waals surface area contributed by atoms with Crippen LogP contribution in [0.2, 0.25) is 0 Å². The molecule has 1 aromatic carbocycles. The first-order valence-electron chi connectivity index (χ1n) is 7.04. The number of aromatic amines is 1. The molecule has 0 spiro atoms. The van der Waals surface area contributed by atoms with Crippen molar-refractivity contribution in [1.29, 1.82) is 5.26 Å². The number of nitrogens with zero attached hydrogens (tertiary/aromatic N) is 4. The third-order valence-corrected chi connectivity index (χ3v) is 3.25. The number of aromatic nitrogens is 4. The molecule has 0 aliphatic heterocycles. The van der Waals surface area contributed by atoms with Gasteiger partial charge in [-0.25, -0.2) is 4.98 Å². The summed E-state index contributed by atoms with van der Waals surface area (Å²) in [6.07, 6.45) is -4.53. The molecule has 0 aliphatic carbocycles. The number of nitriles is 1. The number of nitrogens with one attached hydrogen (secondary N) is 1. The second kappa shape index (κ2) is 6.60. The maximum Gasteiger partial charge on any atom is 0.433 e. The van der Waals surface area contributed by atoms with Crippen molar-refractivity contribution in [1.82, 2.24) is 20.4 Å². The molecular weight excluding hydrogens is 335 g/mol. The fraction of sp³-hybridized carbons (Fsp3) is 0.125. The molecule has 1 N–H and O–H groups in total. The van der Waals surface area contributed by atoms with E-state index in [-0.39, 0.29) is 18.2 Å². The monoisotopic (exact) mass is 345 g/mol. The largest absolute Gasteiger partial charge is 0.473 e. The molecule has 0 amide bonds. The Morgan fingerprint density at radius 2 is 1.92 bits per heavy atom. The predicted octanol–water partition coefficient (Wildman–Crippen LogP) is 3.34. The second-order valence-corrected chi connectivity index (χ2v) is 4.98. The van der Waals surface area contributed by atoms with Crippen LogP contribution in [-0.2, 0) is 12.8 Å². The van der Waals surface area contributed by atoms with Crippen molar-refractivity contribution in [2.45, 2.75) is 12.8 Å². The zero-order valence-corrected chi connectivity index (χ0v) is 12.6. The molecule has 2 heterocycles. The fourth-order valence-electron chi connectivity index (χ4n) is 2.13. The first-order chi connectivity index (χ1) is 12.0. The van der Waals surface area contributed by atoms with E-state index >= 15 is 0 Å². The van der Waals surface area contributed by atoms with E-state index in [1.165, 1.54) is 12.1 Å². The quantitative estimate of drug-likeness (QED) is 0.783. The summed E-state index contributed by atoms with van der Waals surface area (Å²) in [6, 6.07) is 12.3. The van der Waals surface area contributed by atoms with Crippen LogP contribution in [0, 0.1) is 11.3 Å². The van der Waals surface area contributed by atoms with Crippen LogP contribution >= 0.6 is 0 Å². The van der Waals surface area contributed by atoms with Gasteiger partial charge in [0.05, 0.1) is 0 Å². The standard InChI is InChI=1S/C16H10F3N5O/c17-16(18,19)13-5-2-6-14(21-13)25-9-10-3-1-4-11(7-10)15-12(8-20)22-24-23-15/h1-7H,9H2,(H,22,23,24). The van der Waals surface area contributed by atoms with Crippen molar-refractivity contribution in [3.8, 4) is 23.2 Å². The molecule has 126 valence electrons. The summed E-state index contributed by atoms with van der Waals surface area (Å²) in [4.78, 5) is 3.44. The molecule has 3 rings (SSSR count). The van der Waals surface area contributed by atoms with E-state index < -0.39 is 11.9 Å². The summed E-state index contributed by atoms with van der Waals surface area (Å²) < 4.78 is 43.3. The average Bonchev–Trinajstić information content (AvgIpc) is 3.08. The molecule has 3 aromatic rings. The Bertz CT molecular complexity index is 930. The first kappa shape index (κ1) is 16.4. The van der Waals surface area contributed by atoms with Crippen LogP contribution in [0.15, 0.2) is 42.5 Å². The Hall–Kier alpha value is -3.41. The van der Waals surface area contributed by atoms with E-state index in [2.05, 4.69) is 20.4 Å². The fourth-order valence-corrected chi connectivity index (χ4v) is 2.13. The Labute approximate surface area is 139 Å². The molecule has 25 heavy (non-hydrogen) atoms. The van der Waals surface area contributed by atoms with Gasteiger partial charge < -0.3 is 4.74 Å². The third-order valence-electron chi connectivity index (χ3n) is 3.25. The summed E-state index contributed by atoms with van der Waals surface area (Å²) in [7, 11) is 0. The zero-order chi connectivity index (χ0) is 17.9. The Balaban J connectivity index is 1.77. The molecule has 0 saturated heterocycles. The van der Waals surface area contributed by atoms with E-state index in [4.69, 9.17) is 10.00 Å². The van der Waals surface area contributed by atoms with Gasteiger partial charge in [0.2, 0.25) is 5.88 Å². The van der Waals surface area contributed by atoms with Crippen molar-refractivity contribution in [2.75, 3.05) is 0 Å². The van der Waals surface area contributed by atoms with Gasteiger partial charge in [-0.2, -0.15) is 28.7 Å². The van der Waals surface area contributed by atoms with Crippen molar-refractivity contribution >= 4 is 0 Å². The van der Waals surface area contributed by atoms with Gasteiger partial charge in [0.15, 0.2) is 5.69 Å². The Morgan fingerprint density at radius 3 is 2.68 bits per heavy atom. The minimum Gasteiger partial charge on any atom is -0.473 e. The molecule has 0 radical (unpaired) electrons. The van der Waals surface area contributed by atoms with Crippen LogP contribution in [0.5, 0.6) is 5.88 Å². The number of ether oxygens (including phenoxy) is 1. The highest BCUT2D eigenvalue weighted by molar-refractivity contribution is 5.64. The van der Waals surface area contributed by atoms with Crippen LogP contribution in [0.4, 0.5) is 13.2 Å². The smallest absolute Gasteiger partial charge is 0.433 e. The summed E-state index contributed by atoms with van der Waals surface area (Å²) in [6.45, 7) is 0.0158. The summed E-state index contributed by atoms with van der Waals surface area (Å²) >= 11 is 0. The highest BCUT2D eigenvalue weighted by atomic mass is 19.4. The van der Waals surface area contributed by atoms with Gasteiger partial charge in [0.25, 0.3) is 0 Å². The maximum atomic E-state index is 12.7. The van der Waals surface area contributed by atoms with Gasteiger partial charge in [-0.15, -0.1) is 5.10 Å². The highest BCUT2D eigenvalue weighted by Crippen LogP contribution is 2.29. The van der Waals surface area contributed by atoms with Gasteiger partial charge in [-0.3, -0.25) is 0 Å². The zero-order valence-electron chi connectivity index (χ0n) is 12.6. The molecule has 0 fully saturated rings. The van der Waals surface area contributed by atoms with Crippen molar-refractivity contribution in [3.63, 3.8) is 0 Å². The van der Waals surface area contributed by atoms with Crippen LogP contribution in [-0.4, -0.2) is 20.4 Å². The number of hydrogen-bond acceptors (Lipinski definition) is 5. The molecule has 0 aliphatic rings. The summed E-state index contributed by atoms with van der Waals surface area (Å²) in [5.41, 5.74) is 0.853. The lowest BCUT2D eigenvalue weighted by Gasteiger charge is -2.09. The molecule has 0 unspecified atom stereocenters. The van der Waals surface area contributed by atoms with E-state index in [9.17, 15) is 13.2 Å². The number of pyridine rings is 1. The maximum absolute atomic E-state index is 12.7. The topological polar surface area (TPSA) is 87.5 Å². The lowest BCUT2D eigenvalue weighted by atomic mass is 10.1. The average molecular weight is 345 g/mol. The number of benzene rings is 1. The first-order valence-corrected chi connectivity index (χ1v) is 7.04.